The van der Waals surface area contributed by atoms with Crippen LogP contribution < -0.4 is 5.32 Å². The third kappa shape index (κ3) is 2.11. The molecule has 4 heteroatoms. The van der Waals surface area contributed by atoms with Crippen molar-refractivity contribution in [3.8, 4) is 0 Å². The molecule has 0 aliphatic heterocycles. The quantitative estimate of drug-likeness (QED) is 0.824. The predicted octanol–water partition coefficient (Wildman–Crippen LogP) is 2.04. The van der Waals surface area contributed by atoms with Gasteiger partial charge in [0.05, 0.1) is 5.52 Å². The lowest BCUT2D eigenvalue weighted by Gasteiger charge is -2.05. The van der Waals surface area contributed by atoms with Crippen LogP contribution >= 0.6 is 0 Å². The molecule has 0 fully saturated rings. The van der Waals surface area contributed by atoms with Gasteiger partial charge in [-0.1, -0.05) is 18.2 Å². The van der Waals surface area contributed by atoms with E-state index in [2.05, 4.69) is 10.3 Å². The van der Waals surface area contributed by atoms with Gasteiger partial charge < -0.3 is 10.4 Å². The van der Waals surface area contributed by atoms with Crippen LogP contribution in [-0.2, 0) is 4.79 Å². The highest BCUT2D eigenvalue weighted by Gasteiger charge is 2.01. The van der Waals surface area contributed by atoms with E-state index in [1.54, 1.807) is 6.07 Å². The van der Waals surface area contributed by atoms with Gasteiger partial charge in [0.15, 0.2) is 0 Å². The molecule has 0 aliphatic rings. The highest BCUT2D eigenvalue weighted by molar-refractivity contribution is 5.83. The molecule has 0 amide bonds. The van der Waals surface area contributed by atoms with E-state index in [1.807, 2.05) is 31.2 Å². The van der Waals surface area contributed by atoms with Gasteiger partial charge in [0, 0.05) is 5.39 Å². The number of benzene rings is 1. The highest BCUT2D eigenvalue weighted by atomic mass is 16.4. The number of carbonyl (C=O) groups is 1. The van der Waals surface area contributed by atoms with E-state index >= 15 is 0 Å². The summed E-state index contributed by atoms with van der Waals surface area (Å²) in [6.45, 7) is 1.86. The fourth-order valence-corrected chi connectivity index (χ4v) is 1.56. The fraction of sp³-hybridized carbons (Fsp3) is 0.167. The minimum Gasteiger partial charge on any atom is -0.480 e. The van der Waals surface area contributed by atoms with Crippen molar-refractivity contribution in [1.82, 2.24) is 4.98 Å². The molecule has 2 N–H and O–H groups in total. The largest absolute Gasteiger partial charge is 0.480 e. The SMILES string of the molecule is Cc1cccc2ccc(NCC(=O)O)nc12. The number of nitrogens with one attached hydrogen (secondary N) is 1. The smallest absolute Gasteiger partial charge is 0.322 e. The van der Waals surface area contributed by atoms with Crippen molar-refractivity contribution in [2.75, 3.05) is 11.9 Å². The summed E-state index contributed by atoms with van der Waals surface area (Å²) in [6, 6.07) is 9.65. The predicted molar refractivity (Wildman–Crippen MR) is 62.6 cm³/mol. The third-order valence-corrected chi connectivity index (χ3v) is 2.34. The Morgan fingerprint density at radius 3 is 2.94 bits per heavy atom. The van der Waals surface area contributed by atoms with Gasteiger partial charge in [-0.3, -0.25) is 4.79 Å². The normalized spacial score (nSPS) is 10.3. The summed E-state index contributed by atoms with van der Waals surface area (Å²) in [4.78, 5) is 14.8. The van der Waals surface area contributed by atoms with Gasteiger partial charge in [0.25, 0.3) is 0 Å². The molecule has 1 aromatic heterocycles. The minimum absolute atomic E-state index is 0.121. The number of aryl methyl sites for hydroxylation is 1. The molecule has 0 saturated heterocycles. The highest BCUT2D eigenvalue weighted by Crippen LogP contribution is 2.18. The fourth-order valence-electron chi connectivity index (χ4n) is 1.56. The Hall–Kier alpha value is -2.10. The first-order valence-corrected chi connectivity index (χ1v) is 4.99. The number of para-hydroxylation sites is 1. The Balaban J connectivity index is 2.35. The van der Waals surface area contributed by atoms with Crippen LogP contribution in [0.25, 0.3) is 10.9 Å². The third-order valence-electron chi connectivity index (χ3n) is 2.34. The van der Waals surface area contributed by atoms with Crippen LogP contribution in [-0.4, -0.2) is 22.6 Å². The number of pyridine rings is 1. The Bertz CT molecular complexity index is 538. The van der Waals surface area contributed by atoms with Crippen molar-refractivity contribution in [3.05, 3.63) is 35.9 Å². The zero-order valence-corrected chi connectivity index (χ0v) is 8.90. The number of fused-ring (bicyclic) bond motifs is 1. The maximum atomic E-state index is 10.4. The monoisotopic (exact) mass is 216 g/mol. The summed E-state index contributed by atoms with van der Waals surface area (Å²) in [7, 11) is 0. The molecule has 0 unspecified atom stereocenters. The number of aromatic nitrogens is 1. The summed E-state index contributed by atoms with van der Waals surface area (Å²) in [5.41, 5.74) is 1.98. The molecular formula is C12H12N2O2. The molecule has 2 aromatic rings. The number of rotatable bonds is 3. The molecule has 4 nitrogen and oxygen atoms in total. The maximum Gasteiger partial charge on any atom is 0.322 e. The summed E-state index contributed by atoms with van der Waals surface area (Å²) in [5.74, 6) is -0.309. The zero-order chi connectivity index (χ0) is 11.5. The van der Waals surface area contributed by atoms with E-state index in [1.165, 1.54) is 0 Å². The standard InChI is InChI=1S/C12H12N2O2/c1-8-3-2-4-9-5-6-10(14-12(8)9)13-7-11(15)16/h2-6H,7H2,1H3,(H,13,14)(H,15,16). The summed E-state index contributed by atoms with van der Waals surface area (Å²) in [6.07, 6.45) is 0. The first kappa shape index (κ1) is 10.4. The van der Waals surface area contributed by atoms with Crippen molar-refractivity contribution in [2.45, 2.75) is 6.92 Å². The van der Waals surface area contributed by atoms with Crippen LogP contribution in [0.15, 0.2) is 30.3 Å². The number of hydrogen-bond acceptors (Lipinski definition) is 3. The van der Waals surface area contributed by atoms with Crippen molar-refractivity contribution in [1.29, 1.82) is 0 Å². The lowest BCUT2D eigenvalue weighted by atomic mass is 10.1. The van der Waals surface area contributed by atoms with E-state index in [4.69, 9.17) is 5.11 Å². The van der Waals surface area contributed by atoms with Crippen LogP contribution in [0, 0.1) is 6.92 Å². The number of carboxylic acids is 1. The van der Waals surface area contributed by atoms with Crippen LogP contribution in [0.3, 0.4) is 0 Å². The van der Waals surface area contributed by atoms with E-state index in [9.17, 15) is 4.79 Å². The summed E-state index contributed by atoms with van der Waals surface area (Å²) in [5, 5.41) is 12.4. The van der Waals surface area contributed by atoms with E-state index in [-0.39, 0.29) is 6.54 Å². The maximum absolute atomic E-state index is 10.4. The zero-order valence-electron chi connectivity index (χ0n) is 8.90. The lowest BCUT2D eigenvalue weighted by Crippen LogP contribution is -2.13. The van der Waals surface area contributed by atoms with Crippen LogP contribution in [0.4, 0.5) is 5.82 Å². The Morgan fingerprint density at radius 2 is 2.19 bits per heavy atom. The number of aliphatic carboxylic acids is 1. The van der Waals surface area contributed by atoms with Gasteiger partial charge in [-0.25, -0.2) is 4.98 Å². The van der Waals surface area contributed by atoms with E-state index in [0.29, 0.717) is 5.82 Å². The molecule has 16 heavy (non-hydrogen) atoms. The second-order valence-corrected chi connectivity index (χ2v) is 3.59. The number of hydrogen-bond donors (Lipinski definition) is 2. The van der Waals surface area contributed by atoms with Crippen molar-refractivity contribution >= 4 is 22.7 Å². The second kappa shape index (κ2) is 4.18. The molecule has 82 valence electrons. The molecule has 1 heterocycles. The van der Waals surface area contributed by atoms with E-state index in [0.717, 1.165) is 16.5 Å². The van der Waals surface area contributed by atoms with Crippen molar-refractivity contribution in [2.24, 2.45) is 0 Å². The van der Waals surface area contributed by atoms with Crippen molar-refractivity contribution < 1.29 is 9.90 Å². The summed E-state index contributed by atoms with van der Waals surface area (Å²) < 4.78 is 0. The minimum atomic E-state index is -0.897. The van der Waals surface area contributed by atoms with Gasteiger partial charge in [-0.2, -0.15) is 0 Å². The molecule has 0 spiro atoms. The molecule has 0 atom stereocenters. The summed E-state index contributed by atoms with van der Waals surface area (Å²) >= 11 is 0. The molecule has 2 rings (SSSR count). The van der Waals surface area contributed by atoms with Gasteiger partial charge in [-0.05, 0) is 24.6 Å². The molecular weight excluding hydrogens is 204 g/mol. The number of anilines is 1. The molecule has 0 radical (unpaired) electrons. The second-order valence-electron chi connectivity index (χ2n) is 3.59. The molecule has 0 saturated carbocycles. The van der Waals surface area contributed by atoms with Crippen LogP contribution in [0.1, 0.15) is 5.56 Å². The average molecular weight is 216 g/mol. The molecule has 0 aliphatic carbocycles. The van der Waals surface area contributed by atoms with Gasteiger partial charge in [0.2, 0.25) is 0 Å². The van der Waals surface area contributed by atoms with E-state index < -0.39 is 5.97 Å². The Labute approximate surface area is 92.9 Å². The first-order valence-electron chi connectivity index (χ1n) is 4.99. The number of nitrogens with zero attached hydrogens (tertiary/aromatic N) is 1. The van der Waals surface area contributed by atoms with Crippen molar-refractivity contribution in [3.63, 3.8) is 0 Å². The van der Waals surface area contributed by atoms with Gasteiger partial charge in [0.1, 0.15) is 12.4 Å². The Morgan fingerprint density at radius 1 is 1.38 bits per heavy atom. The first-order chi connectivity index (χ1) is 7.66. The topological polar surface area (TPSA) is 62.2 Å². The molecule has 1 aromatic carbocycles. The van der Waals surface area contributed by atoms with Crippen LogP contribution in [0.2, 0.25) is 0 Å². The van der Waals surface area contributed by atoms with Gasteiger partial charge in [-0.15, -0.1) is 0 Å². The average Bonchev–Trinajstić information content (AvgIpc) is 2.27. The Kier molecular flexibility index (Phi) is 2.72. The van der Waals surface area contributed by atoms with Gasteiger partial charge >= 0.3 is 5.97 Å². The molecule has 0 bridgehead atoms. The lowest BCUT2D eigenvalue weighted by molar-refractivity contribution is -0.134. The number of carboxylic acid groups (broad SMARTS) is 1. The van der Waals surface area contributed by atoms with Crippen LogP contribution in [0.5, 0.6) is 0 Å².